The first-order chi connectivity index (χ1) is 12.9. The molecule has 4 bridgehead atoms. The van der Waals surface area contributed by atoms with Crippen LogP contribution < -0.4 is 55.9 Å². The van der Waals surface area contributed by atoms with E-state index in [4.69, 9.17) is 55.9 Å². The minimum absolute atomic E-state index is 0. The third kappa shape index (κ3) is 26.0. The summed E-state index contributed by atoms with van der Waals surface area (Å²) in [7, 11) is -14.8. The summed E-state index contributed by atoms with van der Waals surface area (Å²) in [5.41, 5.74) is 0. The minimum Gasteiger partial charge on any atom is -0.222 e. The van der Waals surface area contributed by atoms with E-state index in [-0.39, 0.29) is 19.5 Å². The summed E-state index contributed by atoms with van der Waals surface area (Å²) in [5.74, 6) is 3.24. The van der Waals surface area contributed by atoms with Crippen LogP contribution in [-0.4, -0.2) is 0 Å². The van der Waals surface area contributed by atoms with Gasteiger partial charge in [0.1, 0.15) is 0 Å². The second kappa shape index (κ2) is 14.2. The minimum atomic E-state index is -4.94. The quantitative estimate of drug-likeness (QED) is 0.189. The van der Waals surface area contributed by atoms with E-state index in [0.717, 1.165) is 23.7 Å². The molecule has 30 heavy (non-hydrogen) atoms. The predicted octanol–water partition coefficient (Wildman–Crippen LogP) is -10.8. The molecule has 0 saturated heterocycles. The zero-order valence-corrected chi connectivity index (χ0v) is 18.6. The smallest absolute Gasteiger partial charge is 0.222 e. The molecular formula is C14H16Cl3O12Rh. The topological polar surface area (TPSA) is 277 Å². The zero-order chi connectivity index (χ0) is 22.9. The van der Waals surface area contributed by atoms with Gasteiger partial charge in [-0.2, -0.15) is 0 Å². The van der Waals surface area contributed by atoms with Gasteiger partial charge in [0.05, 0.1) is 0 Å². The maximum Gasteiger partial charge on any atom is 3.00 e. The molecule has 0 radical (unpaired) electrons. The van der Waals surface area contributed by atoms with Crippen molar-refractivity contribution in [3.8, 4) is 0 Å². The van der Waals surface area contributed by atoms with Crippen molar-refractivity contribution in [3.63, 3.8) is 0 Å². The van der Waals surface area contributed by atoms with Gasteiger partial charge >= 0.3 is 19.5 Å². The Balaban J connectivity index is 0. The molecule has 4 aliphatic rings. The fourth-order valence-electron chi connectivity index (χ4n) is 2.66. The molecule has 0 heterocycles. The van der Waals surface area contributed by atoms with Gasteiger partial charge in [-0.05, 0) is 36.5 Å². The number of rotatable bonds is 0. The number of hydrogen-bond acceptors (Lipinski definition) is 12. The first-order valence-electron chi connectivity index (χ1n) is 7.48. The van der Waals surface area contributed by atoms with Crippen LogP contribution in [-0.2, 0) is 19.5 Å². The second-order valence-corrected chi connectivity index (χ2v) is 8.07. The van der Waals surface area contributed by atoms with E-state index in [1.807, 2.05) is 0 Å². The van der Waals surface area contributed by atoms with Gasteiger partial charge in [-0.25, -0.2) is 55.9 Å². The van der Waals surface area contributed by atoms with Crippen LogP contribution in [0, 0.1) is 54.4 Å². The van der Waals surface area contributed by atoms with Gasteiger partial charge in [0, 0.05) is 0 Å². The zero-order valence-electron chi connectivity index (χ0n) is 14.7. The second-order valence-electron chi connectivity index (χ2n) is 5.80. The number of allylic oxidation sites excluding steroid dienone is 8. The maximum atomic E-state index is 8.49. The van der Waals surface area contributed by atoms with Crippen LogP contribution >= 0.6 is 0 Å². The number of hydrogen-bond donors (Lipinski definition) is 0. The third-order valence-corrected chi connectivity index (χ3v) is 3.51. The van der Waals surface area contributed by atoms with E-state index in [9.17, 15) is 0 Å². The number of halogens is 3. The first kappa shape index (κ1) is 32.2. The Morgan fingerprint density at radius 2 is 0.467 bits per heavy atom. The molecule has 0 aromatic heterocycles. The standard InChI is InChI=1S/2C7H8.3ClHO4.Rh/c2*1-2-7-4-3-6(1)5-7;3*2-1(3,4)5;/h2*1-4,6-7H,5H2;3*(H,2,3,4,5);/q;;;;;+3/p-3. The van der Waals surface area contributed by atoms with E-state index in [1.165, 1.54) is 12.8 Å². The summed E-state index contributed by atoms with van der Waals surface area (Å²) in [6.07, 6.45) is 21.1. The molecule has 0 fully saturated rings. The van der Waals surface area contributed by atoms with Gasteiger partial charge in [0.25, 0.3) is 0 Å². The molecule has 4 rings (SSSR count). The Bertz CT molecular complexity index is 458. The van der Waals surface area contributed by atoms with Crippen LogP contribution in [0.1, 0.15) is 12.8 Å². The average molecular weight is 586 g/mol. The molecule has 174 valence electrons. The Morgan fingerprint density at radius 3 is 0.500 bits per heavy atom. The van der Waals surface area contributed by atoms with Crippen LogP contribution in [0.25, 0.3) is 0 Å². The molecule has 0 spiro atoms. The monoisotopic (exact) mass is 584 g/mol. The molecule has 0 aromatic carbocycles. The molecule has 0 atom stereocenters. The predicted molar refractivity (Wildman–Crippen MR) is 59.8 cm³/mol. The van der Waals surface area contributed by atoms with Crippen molar-refractivity contribution in [1.82, 2.24) is 0 Å². The average Bonchev–Trinajstić information content (AvgIpc) is 3.26. The van der Waals surface area contributed by atoms with Gasteiger partial charge in [-0.3, -0.25) is 0 Å². The molecule has 0 amide bonds. The summed E-state index contributed by atoms with van der Waals surface area (Å²) in [4.78, 5) is 0. The van der Waals surface area contributed by atoms with Crippen molar-refractivity contribution in [2.75, 3.05) is 0 Å². The van der Waals surface area contributed by atoms with Crippen molar-refractivity contribution >= 4 is 0 Å². The largest absolute Gasteiger partial charge is 3.00 e. The summed E-state index contributed by atoms with van der Waals surface area (Å²) in [6, 6.07) is 0. The summed E-state index contributed by atoms with van der Waals surface area (Å²) < 4.78 is 102. The van der Waals surface area contributed by atoms with Gasteiger partial charge in [0.15, 0.2) is 0 Å². The molecule has 0 aliphatic heterocycles. The van der Waals surface area contributed by atoms with Crippen LogP contribution in [0.3, 0.4) is 0 Å². The van der Waals surface area contributed by atoms with Crippen molar-refractivity contribution in [2.45, 2.75) is 12.8 Å². The van der Waals surface area contributed by atoms with Crippen molar-refractivity contribution in [2.24, 2.45) is 23.7 Å². The fourth-order valence-corrected chi connectivity index (χ4v) is 2.66. The molecule has 16 heteroatoms. The van der Waals surface area contributed by atoms with E-state index >= 15 is 0 Å². The van der Waals surface area contributed by atoms with E-state index in [1.54, 1.807) is 0 Å². The van der Waals surface area contributed by atoms with Crippen LogP contribution in [0.2, 0.25) is 0 Å². The van der Waals surface area contributed by atoms with E-state index in [0.29, 0.717) is 0 Å². The Hall–Kier alpha value is -0.0266. The van der Waals surface area contributed by atoms with Gasteiger partial charge in [-0.1, -0.05) is 48.6 Å². The van der Waals surface area contributed by atoms with E-state index in [2.05, 4.69) is 48.6 Å². The van der Waals surface area contributed by atoms with Crippen molar-refractivity contribution < 1.29 is 106 Å². The van der Waals surface area contributed by atoms with Gasteiger partial charge in [-0.15, -0.1) is 30.7 Å². The Kier molecular flexibility index (Phi) is 15.2. The van der Waals surface area contributed by atoms with Crippen LogP contribution in [0.4, 0.5) is 0 Å². The fraction of sp³-hybridized carbons (Fsp3) is 0.429. The van der Waals surface area contributed by atoms with Gasteiger partial charge < -0.3 is 0 Å². The van der Waals surface area contributed by atoms with Crippen molar-refractivity contribution in [1.29, 1.82) is 0 Å². The Labute approximate surface area is 191 Å². The molecular weight excluding hydrogens is 569 g/mol. The van der Waals surface area contributed by atoms with Gasteiger partial charge in [0.2, 0.25) is 0 Å². The molecule has 12 nitrogen and oxygen atoms in total. The van der Waals surface area contributed by atoms with E-state index < -0.39 is 30.7 Å². The molecule has 0 aromatic rings. The van der Waals surface area contributed by atoms with Crippen molar-refractivity contribution in [3.05, 3.63) is 48.6 Å². The third-order valence-electron chi connectivity index (χ3n) is 3.51. The molecule has 0 saturated carbocycles. The SMILES string of the molecule is C1=CC2C=CC1C2.C1=CC2C=CC1C2.[O-][Cl+3]([O-])([O-])[O-].[O-][Cl+3]([O-])([O-])[O-].[O-][Cl+3]([O-])([O-])[O-].[Rh+3]. The summed E-state index contributed by atoms with van der Waals surface area (Å²) in [6.45, 7) is 0. The first-order valence-corrected chi connectivity index (χ1v) is 11.2. The molecule has 4 aliphatic carbocycles. The molecule has 0 unspecified atom stereocenters. The normalized spacial score (nSPS) is 26.3. The number of fused-ring (bicyclic) bond motifs is 4. The Morgan fingerprint density at radius 1 is 0.367 bits per heavy atom. The summed E-state index contributed by atoms with van der Waals surface area (Å²) in [5, 5.41) is 0. The molecule has 0 N–H and O–H groups in total. The van der Waals surface area contributed by atoms with Crippen LogP contribution in [0.15, 0.2) is 48.6 Å². The summed E-state index contributed by atoms with van der Waals surface area (Å²) >= 11 is 0. The maximum absolute atomic E-state index is 8.49. The van der Waals surface area contributed by atoms with Crippen LogP contribution in [0.5, 0.6) is 0 Å².